The van der Waals surface area contributed by atoms with Crippen molar-refractivity contribution in [3.63, 3.8) is 0 Å². The Bertz CT molecular complexity index is 274. The van der Waals surface area contributed by atoms with E-state index in [1.807, 2.05) is 0 Å². The van der Waals surface area contributed by atoms with Crippen molar-refractivity contribution >= 4 is 0 Å². The van der Waals surface area contributed by atoms with E-state index in [0.29, 0.717) is 0 Å². The highest BCUT2D eigenvalue weighted by Crippen LogP contribution is 2.71. The van der Waals surface area contributed by atoms with Crippen molar-refractivity contribution in [2.75, 3.05) is 13.1 Å². The summed E-state index contributed by atoms with van der Waals surface area (Å²) in [6, 6.07) is 0.904. The molecule has 78 valence electrons. The number of fused-ring (bicyclic) bond motifs is 8. The summed E-state index contributed by atoms with van der Waals surface area (Å²) in [4.78, 5) is 2.74. The summed E-state index contributed by atoms with van der Waals surface area (Å²) in [5, 5.41) is 0. The minimum atomic E-state index is 0.904. The molecule has 4 aliphatic rings. The van der Waals surface area contributed by atoms with Crippen LogP contribution in [-0.2, 0) is 0 Å². The van der Waals surface area contributed by atoms with Gasteiger partial charge in [-0.2, -0.15) is 0 Å². The summed E-state index contributed by atoms with van der Waals surface area (Å²) in [7, 11) is 0. The van der Waals surface area contributed by atoms with E-state index < -0.39 is 0 Å². The quantitative estimate of drug-likeness (QED) is 0.614. The second kappa shape index (κ2) is 2.37. The van der Waals surface area contributed by atoms with Gasteiger partial charge in [-0.25, -0.2) is 0 Å². The first-order valence-corrected chi connectivity index (χ1v) is 6.55. The highest BCUT2D eigenvalue weighted by atomic mass is 15.2. The molecule has 4 fully saturated rings. The number of rotatable bonds is 1. The van der Waals surface area contributed by atoms with Gasteiger partial charge in [0.1, 0.15) is 0 Å². The first-order chi connectivity index (χ1) is 6.81. The summed E-state index contributed by atoms with van der Waals surface area (Å²) in [6.45, 7) is 7.54. The van der Waals surface area contributed by atoms with Gasteiger partial charge in [-0.15, -0.1) is 0 Å². The van der Waals surface area contributed by atoms with Gasteiger partial charge in [-0.1, -0.05) is 6.92 Å². The van der Waals surface area contributed by atoms with Gasteiger partial charge >= 0.3 is 0 Å². The van der Waals surface area contributed by atoms with E-state index in [1.54, 1.807) is 12.8 Å². The monoisotopic (exact) mass is 191 g/mol. The Morgan fingerprint density at radius 2 is 1.64 bits per heavy atom. The number of hydrogen-bond donors (Lipinski definition) is 0. The highest BCUT2D eigenvalue weighted by Gasteiger charge is 2.67. The lowest BCUT2D eigenvalue weighted by Crippen LogP contribution is -2.32. The smallest absolute Gasteiger partial charge is 0.0101 e. The number of likely N-dealkylation sites (tertiary alicyclic amines) is 1. The van der Waals surface area contributed by atoms with Gasteiger partial charge in [0.05, 0.1) is 0 Å². The van der Waals surface area contributed by atoms with Gasteiger partial charge in [-0.05, 0) is 61.8 Å². The molecule has 1 nitrogen and oxygen atoms in total. The van der Waals surface area contributed by atoms with Crippen LogP contribution in [0, 0.1) is 35.5 Å². The third-order valence-electron chi connectivity index (χ3n) is 6.06. The average molecular weight is 191 g/mol. The third kappa shape index (κ3) is 0.743. The molecule has 0 aromatic carbocycles. The Kier molecular flexibility index (Phi) is 1.38. The zero-order valence-electron chi connectivity index (χ0n) is 9.32. The topological polar surface area (TPSA) is 3.24 Å². The molecule has 4 rings (SSSR count). The highest BCUT2D eigenvalue weighted by molar-refractivity contribution is 5.17. The average Bonchev–Trinajstić information content (AvgIpc) is 2.65. The molecule has 0 aromatic rings. The predicted molar refractivity (Wildman–Crippen MR) is 56.9 cm³/mol. The van der Waals surface area contributed by atoms with E-state index in [1.165, 1.54) is 24.9 Å². The van der Waals surface area contributed by atoms with E-state index in [0.717, 1.165) is 29.7 Å². The van der Waals surface area contributed by atoms with Gasteiger partial charge in [0.2, 0.25) is 0 Å². The molecule has 3 saturated carbocycles. The van der Waals surface area contributed by atoms with Crippen molar-refractivity contribution in [1.82, 2.24) is 4.90 Å². The maximum atomic E-state index is 2.74. The van der Waals surface area contributed by atoms with Crippen LogP contribution in [-0.4, -0.2) is 24.0 Å². The van der Waals surface area contributed by atoms with Crippen LogP contribution >= 0.6 is 0 Å². The molecule has 7 atom stereocenters. The van der Waals surface area contributed by atoms with E-state index in [4.69, 9.17) is 0 Å². The SMILES string of the molecule is CCN1CC2C3CC(C4CC43)C2C1C. The van der Waals surface area contributed by atoms with E-state index in [9.17, 15) is 0 Å². The molecule has 0 N–H and O–H groups in total. The van der Waals surface area contributed by atoms with Gasteiger partial charge in [0, 0.05) is 12.6 Å². The van der Waals surface area contributed by atoms with Crippen molar-refractivity contribution in [3.8, 4) is 0 Å². The van der Waals surface area contributed by atoms with Crippen LogP contribution in [0.15, 0.2) is 0 Å². The van der Waals surface area contributed by atoms with E-state index in [-0.39, 0.29) is 0 Å². The van der Waals surface area contributed by atoms with E-state index >= 15 is 0 Å². The first-order valence-electron chi connectivity index (χ1n) is 6.55. The molecule has 0 radical (unpaired) electrons. The van der Waals surface area contributed by atoms with Crippen LogP contribution < -0.4 is 0 Å². The van der Waals surface area contributed by atoms with Crippen LogP contribution in [0.2, 0.25) is 0 Å². The Morgan fingerprint density at radius 3 is 2.43 bits per heavy atom. The zero-order chi connectivity index (χ0) is 9.45. The molecule has 7 unspecified atom stereocenters. The summed E-state index contributed by atoms with van der Waals surface area (Å²) in [6.07, 6.45) is 3.23. The Morgan fingerprint density at radius 1 is 1.00 bits per heavy atom. The molecule has 3 aliphatic carbocycles. The lowest BCUT2D eigenvalue weighted by Gasteiger charge is -2.27. The van der Waals surface area contributed by atoms with Crippen LogP contribution in [0.1, 0.15) is 26.7 Å². The normalized spacial score (nSPS) is 64.3. The van der Waals surface area contributed by atoms with Crippen molar-refractivity contribution in [1.29, 1.82) is 0 Å². The maximum absolute atomic E-state index is 2.74. The summed E-state index contributed by atoms with van der Waals surface area (Å²) < 4.78 is 0. The molecular formula is C13H21N. The van der Waals surface area contributed by atoms with Crippen LogP contribution in [0.5, 0.6) is 0 Å². The van der Waals surface area contributed by atoms with E-state index in [2.05, 4.69) is 18.7 Å². The fourth-order valence-electron chi connectivity index (χ4n) is 5.49. The Labute approximate surface area is 86.9 Å². The minimum Gasteiger partial charge on any atom is -0.300 e. The molecular weight excluding hydrogens is 170 g/mol. The molecule has 0 aromatic heterocycles. The van der Waals surface area contributed by atoms with Crippen LogP contribution in [0.3, 0.4) is 0 Å². The van der Waals surface area contributed by atoms with Crippen LogP contribution in [0.4, 0.5) is 0 Å². The Balaban J connectivity index is 1.67. The fraction of sp³-hybridized carbons (Fsp3) is 1.00. The fourth-order valence-corrected chi connectivity index (χ4v) is 5.49. The largest absolute Gasteiger partial charge is 0.300 e. The molecule has 0 amide bonds. The minimum absolute atomic E-state index is 0.904. The lowest BCUT2D eigenvalue weighted by molar-refractivity contribution is 0.206. The molecule has 2 bridgehead atoms. The predicted octanol–water partition coefficient (Wildman–Crippen LogP) is 2.23. The van der Waals surface area contributed by atoms with Crippen molar-refractivity contribution < 1.29 is 0 Å². The second-order valence-corrected chi connectivity index (χ2v) is 6.20. The zero-order valence-corrected chi connectivity index (χ0v) is 9.32. The summed E-state index contributed by atoms with van der Waals surface area (Å²) in [5.74, 6) is 6.92. The van der Waals surface area contributed by atoms with Gasteiger partial charge < -0.3 is 4.90 Å². The second-order valence-electron chi connectivity index (χ2n) is 6.20. The molecule has 0 spiro atoms. The third-order valence-corrected chi connectivity index (χ3v) is 6.06. The van der Waals surface area contributed by atoms with Gasteiger partial charge in [-0.3, -0.25) is 0 Å². The Hall–Kier alpha value is -0.0400. The molecule has 1 aliphatic heterocycles. The molecule has 1 saturated heterocycles. The molecule has 14 heavy (non-hydrogen) atoms. The van der Waals surface area contributed by atoms with Crippen molar-refractivity contribution in [3.05, 3.63) is 0 Å². The molecule has 1 heterocycles. The van der Waals surface area contributed by atoms with Crippen LogP contribution in [0.25, 0.3) is 0 Å². The lowest BCUT2D eigenvalue weighted by atomic mass is 9.79. The summed E-state index contributed by atoms with van der Waals surface area (Å²) >= 11 is 0. The standard InChI is InChI=1S/C13H21N/c1-3-14-6-12-10-5-11(9-4-8(9)10)13(12)7(14)2/h7-13H,3-6H2,1-2H3. The van der Waals surface area contributed by atoms with Gasteiger partial charge in [0.25, 0.3) is 0 Å². The van der Waals surface area contributed by atoms with Crippen molar-refractivity contribution in [2.24, 2.45) is 35.5 Å². The number of nitrogens with zero attached hydrogens (tertiary/aromatic N) is 1. The first kappa shape index (κ1) is 8.15. The van der Waals surface area contributed by atoms with Crippen molar-refractivity contribution in [2.45, 2.75) is 32.7 Å². The summed E-state index contributed by atoms with van der Waals surface area (Å²) in [5.41, 5.74) is 0. The molecule has 1 heteroatoms. The number of hydrogen-bond acceptors (Lipinski definition) is 1. The maximum Gasteiger partial charge on any atom is 0.0101 e. The van der Waals surface area contributed by atoms with Gasteiger partial charge in [0.15, 0.2) is 0 Å².